The number of aryl methyl sites for hydroxylation is 2. The van der Waals surface area contributed by atoms with Crippen LogP contribution >= 0.6 is 0 Å². The van der Waals surface area contributed by atoms with E-state index in [9.17, 15) is 9.59 Å². The summed E-state index contributed by atoms with van der Waals surface area (Å²) in [6.45, 7) is 7.74. The molecule has 0 fully saturated rings. The van der Waals surface area contributed by atoms with Crippen molar-refractivity contribution in [3.63, 3.8) is 0 Å². The molecule has 10 heteroatoms. The van der Waals surface area contributed by atoms with Crippen LogP contribution in [0.5, 0.6) is 11.5 Å². The number of rotatable bonds is 8. The van der Waals surface area contributed by atoms with Gasteiger partial charge in [-0.3, -0.25) is 20.4 Å². The number of hydrogen-bond acceptors (Lipinski definition) is 7. The molecule has 2 heterocycles. The van der Waals surface area contributed by atoms with Gasteiger partial charge in [-0.05, 0) is 63.9 Å². The predicted molar refractivity (Wildman–Crippen MR) is 119 cm³/mol. The van der Waals surface area contributed by atoms with E-state index in [0.29, 0.717) is 35.7 Å². The van der Waals surface area contributed by atoms with Crippen molar-refractivity contribution in [1.82, 2.24) is 25.4 Å². The first-order chi connectivity index (χ1) is 15.8. The van der Waals surface area contributed by atoms with Crippen LogP contribution < -0.4 is 20.3 Å². The number of nitrogens with zero attached hydrogens (tertiary/aromatic N) is 4. The molecule has 33 heavy (non-hydrogen) atoms. The Morgan fingerprint density at radius 3 is 2.55 bits per heavy atom. The molecule has 0 aliphatic heterocycles. The fraction of sp³-hybridized carbons (Fsp3) is 0.348. The quantitative estimate of drug-likeness (QED) is 0.503. The highest BCUT2D eigenvalue weighted by molar-refractivity contribution is 5.84. The van der Waals surface area contributed by atoms with E-state index in [1.165, 1.54) is 6.20 Å². The Kier molecular flexibility index (Phi) is 7.46. The lowest BCUT2D eigenvalue weighted by Crippen LogP contribution is -2.47. The zero-order valence-electron chi connectivity index (χ0n) is 19.0. The molecule has 1 unspecified atom stereocenters. The van der Waals surface area contributed by atoms with Crippen molar-refractivity contribution in [2.24, 2.45) is 0 Å². The van der Waals surface area contributed by atoms with Gasteiger partial charge in [0.15, 0.2) is 11.8 Å². The molecule has 0 bridgehead atoms. The smallest absolute Gasteiger partial charge is 0.279 e. The largest absolute Gasteiger partial charge is 0.494 e. The van der Waals surface area contributed by atoms with Crippen molar-refractivity contribution in [1.29, 1.82) is 5.26 Å². The van der Waals surface area contributed by atoms with Crippen LogP contribution in [0.2, 0.25) is 0 Å². The zero-order chi connectivity index (χ0) is 24.0. The van der Waals surface area contributed by atoms with Gasteiger partial charge in [-0.15, -0.1) is 0 Å². The number of hydrogen-bond donors (Lipinski definition) is 2. The molecule has 10 nitrogen and oxygen atoms in total. The average molecular weight is 450 g/mol. The van der Waals surface area contributed by atoms with Gasteiger partial charge >= 0.3 is 0 Å². The van der Waals surface area contributed by atoms with E-state index < -0.39 is 12.0 Å². The Bertz CT molecular complexity index is 1200. The van der Waals surface area contributed by atoms with Crippen molar-refractivity contribution in [3.8, 4) is 17.6 Å². The van der Waals surface area contributed by atoms with E-state index in [1.54, 1.807) is 35.7 Å². The fourth-order valence-corrected chi connectivity index (χ4v) is 3.32. The summed E-state index contributed by atoms with van der Waals surface area (Å²) in [6.07, 6.45) is 1.20. The SMILES string of the molecule is CCOc1ccc(OC(C)C(=O)NNC(=O)CCc2c(C)nc3c(C#N)cnn3c2C)cc1. The lowest BCUT2D eigenvalue weighted by atomic mass is 10.1. The van der Waals surface area contributed by atoms with Crippen LogP contribution in [0, 0.1) is 25.2 Å². The zero-order valence-corrected chi connectivity index (χ0v) is 19.0. The lowest BCUT2D eigenvalue weighted by Gasteiger charge is -2.16. The van der Waals surface area contributed by atoms with Crippen LogP contribution in [0.3, 0.4) is 0 Å². The van der Waals surface area contributed by atoms with Gasteiger partial charge in [0, 0.05) is 17.8 Å². The minimum atomic E-state index is -0.812. The van der Waals surface area contributed by atoms with Crippen LogP contribution in [0.4, 0.5) is 0 Å². The monoisotopic (exact) mass is 450 g/mol. The standard InChI is InChI=1S/C23H26N6O4/c1-5-32-18-6-8-19(9-7-18)33-16(4)23(31)28-27-21(30)11-10-20-14(2)26-22-17(12-24)13-25-29(22)15(20)3/h6-9,13,16H,5,10-11H2,1-4H3,(H,27,30)(H,28,31). The van der Waals surface area contributed by atoms with E-state index >= 15 is 0 Å². The predicted octanol–water partition coefficient (Wildman–Crippen LogP) is 2.16. The van der Waals surface area contributed by atoms with Gasteiger partial charge in [-0.1, -0.05) is 0 Å². The van der Waals surface area contributed by atoms with Crippen LogP contribution in [0.1, 0.15) is 42.8 Å². The molecule has 3 rings (SSSR count). The van der Waals surface area contributed by atoms with Crippen LogP contribution in [-0.2, 0) is 16.0 Å². The van der Waals surface area contributed by atoms with Gasteiger partial charge in [0.25, 0.3) is 5.91 Å². The van der Waals surface area contributed by atoms with E-state index in [-0.39, 0.29) is 12.3 Å². The first kappa shape index (κ1) is 23.5. The Labute approximate surface area is 191 Å². The molecule has 3 aromatic rings. The van der Waals surface area contributed by atoms with Crippen molar-refractivity contribution in [3.05, 3.63) is 53.0 Å². The Morgan fingerprint density at radius 1 is 1.18 bits per heavy atom. The third-order valence-corrected chi connectivity index (χ3v) is 5.07. The summed E-state index contributed by atoms with van der Waals surface area (Å²) < 4.78 is 12.6. The van der Waals surface area contributed by atoms with Crippen LogP contribution in [0.25, 0.3) is 5.65 Å². The summed E-state index contributed by atoms with van der Waals surface area (Å²) in [5.74, 6) is 0.397. The third-order valence-electron chi connectivity index (χ3n) is 5.07. The van der Waals surface area contributed by atoms with Gasteiger partial charge in [0.1, 0.15) is 23.1 Å². The molecule has 0 spiro atoms. The van der Waals surface area contributed by atoms with Crippen molar-refractivity contribution in [2.75, 3.05) is 6.61 Å². The van der Waals surface area contributed by atoms with E-state index in [0.717, 1.165) is 17.0 Å². The molecule has 2 N–H and O–H groups in total. The number of carbonyl (C=O) groups is 2. The first-order valence-electron chi connectivity index (χ1n) is 10.6. The molecule has 1 aromatic carbocycles. The normalized spacial score (nSPS) is 11.5. The number of hydrazine groups is 1. The first-order valence-corrected chi connectivity index (χ1v) is 10.6. The Balaban J connectivity index is 1.51. The maximum atomic E-state index is 12.3. The second-order valence-electron chi connectivity index (χ2n) is 7.37. The molecule has 2 amide bonds. The molecule has 172 valence electrons. The Hall–Kier alpha value is -4.13. The van der Waals surface area contributed by atoms with Crippen LogP contribution in [-0.4, -0.2) is 39.1 Å². The maximum absolute atomic E-state index is 12.3. The summed E-state index contributed by atoms with van der Waals surface area (Å²) in [5, 5.41) is 13.4. The number of carbonyl (C=O) groups excluding carboxylic acids is 2. The number of benzene rings is 1. The highest BCUT2D eigenvalue weighted by atomic mass is 16.5. The summed E-state index contributed by atoms with van der Waals surface area (Å²) in [6, 6.07) is 9.00. The summed E-state index contributed by atoms with van der Waals surface area (Å²) in [5.41, 5.74) is 8.09. The lowest BCUT2D eigenvalue weighted by molar-refractivity contribution is -0.132. The molecule has 0 saturated heterocycles. The summed E-state index contributed by atoms with van der Waals surface area (Å²) >= 11 is 0. The summed E-state index contributed by atoms with van der Waals surface area (Å²) in [4.78, 5) is 29.0. The fourth-order valence-electron chi connectivity index (χ4n) is 3.32. The van der Waals surface area contributed by atoms with Crippen LogP contribution in [0.15, 0.2) is 30.5 Å². The molecule has 2 aromatic heterocycles. The minimum Gasteiger partial charge on any atom is -0.494 e. The molecule has 0 aliphatic carbocycles. The topological polar surface area (TPSA) is 131 Å². The van der Waals surface area contributed by atoms with E-state index in [2.05, 4.69) is 27.0 Å². The number of nitrogens with one attached hydrogen (secondary N) is 2. The number of aromatic nitrogens is 3. The molecule has 0 aliphatic rings. The van der Waals surface area contributed by atoms with Crippen molar-refractivity contribution in [2.45, 2.75) is 46.6 Å². The number of nitriles is 1. The van der Waals surface area contributed by atoms with Gasteiger partial charge in [0.2, 0.25) is 5.91 Å². The Morgan fingerprint density at radius 2 is 1.88 bits per heavy atom. The molecular formula is C23H26N6O4. The van der Waals surface area contributed by atoms with Gasteiger partial charge in [-0.25, -0.2) is 9.50 Å². The second-order valence-corrected chi connectivity index (χ2v) is 7.37. The average Bonchev–Trinajstić information content (AvgIpc) is 3.21. The van der Waals surface area contributed by atoms with Gasteiger partial charge in [0.05, 0.1) is 12.8 Å². The molecule has 0 radical (unpaired) electrons. The van der Waals surface area contributed by atoms with Crippen molar-refractivity contribution >= 4 is 17.5 Å². The highest BCUT2D eigenvalue weighted by Crippen LogP contribution is 2.19. The molecular weight excluding hydrogens is 424 g/mol. The van der Waals surface area contributed by atoms with Gasteiger partial charge in [-0.2, -0.15) is 10.4 Å². The number of amides is 2. The van der Waals surface area contributed by atoms with Gasteiger partial charge < -0.3 is 9.47 Å². The van der Waals surface area contributed by atoms with E-state index in [1.807, 2.05) is 20.8 Å². The minimum absolute atomic E-state index is 0.135. The summed E-state index contributed by atoms with van der Waals surface area (Å²) in [7, 11) is 0. The maximum Gasteiger partial charge on any atom is 0.279 e. The van der Waals surface area contributed by atoms with E-state index in [4.69, 9.17) is 14.7 Å². The molecule has 0 saturated carbocycles. The van der Waals surface area contributed by atoms with Crippen molar-refractivity contribution < 1.29 is 19.1 Å². The number of ether oxygens (including phenoxy) is 2. The number of fused-ring (bicyclic) bond motifs is 1. The highest BCUT2D eigenvalue weighted by Gasteiger charge is 2.17. The molecule has 1 atom stereocenters. The third kappa shape index (κ3) is 5.57. The second kappa shape index (κ2) is 10.5.